The van der Waals surface area contributed by atoms with Crippen LogP contribution >= 0.6 is 0 Å². The normalized spacial score (nSPS) is 27.0. The van der Waals surface area contributed by atoms with Crippen LogP contribution < -0.4 is 4.90 Å². The third kappa shape index (κ3) is 3.39. The van der Waals surface area contributed by atoms with Crippen LogP contribution in [0.25, 0.3) is 0 Å². The van der Waals surface area contributed by atoms with Gasteiger partial charge in [0.2, 0.25) is 11.8 Å². The van der Waals surface area contributed by atoms with E-state index in [0.717, 1.165) is 17.6 Å². The summed E-state index contributed by atoms with van der Waals surface area (Å²) in [5.41, 5.74) is 4.17. The van der Waals surface area contributed by atoms with E-state index in [1.54, 1.807) is 31.2 Å². The standard InChI is InChI=1S/C31H27NO5/c1-3-17-8-10-18(11-9-17)32-30(36)21-13-12-19-22(27(21)31(32)37)15-23-28(25(34)14-16(2)29(23)35)26(19)20-6-4-5-7-24(20)33/h4-12,14,21-22,26-27,33H,3,13,15H2,1-2H3. The van der Waals surface area contributed by atoms with Crippen molar-refractivity contribution in [2.75, 3.05) is 4.90 Å². The first-order valence-corrected chi connectivity index (χ1v) is 12.8. The highest BCUT2D eigenvalue weighted by Gasteiger charge is 2.56. The molecule has 1 saturated heterocycles. The minimum atomic E-state index is -0.641. The highest BCUT2D eigenvalue weighted by molar-refractivity contribution is 6.25. The van der Waals surface area contributed by atoms with Crippen molar-refractivity contribution >= 4 is 29.1 Å². The largest absolute Gasteiger partial charge is 0.508 e. The number of allylic oxidation sites excluding steroid dienone is 6. The molecule has 2 aromatic carbocycles. The number of nitrogens with zero attached hydrogens (tertiary/aromatic N) is 1. The van der Waals surface area contributed by atoms with Gasteiger partial charge in [0.1, 0.15) is 5.75 Å². The van der Waals surface area contributed by atoms with Crippen LogP contribution in [0.15, 0.2) is 83.0 Å². The maximum absolute atomic E-state index is 13.9. The number of carbonyl (C=O) groups excluding carboxylic acids is 4. The molecule has 0 radical (unpaired) electrons. The van der Waals surface area contributed by atoms with Gasteiger partial charge in [-0.3, -0.25) is 24.1 Å². The fourth-order valence-electron chi connectivity index (χ4n) is 6.60. The Morgan fingerprint density at radius 2 is 1.68 bits per heavy atom. The van der Waals surface area contributed by atoms with E-state index < -0.39 is 23.7 Å². The summed E-state index contributed by atoms with van der Waals surface area (Å²) in [6, 6.07) is 14.3. The fourth-order valence-corrected chi connectivity index (χ4v) is 6.60. The lowest BCUT2D eigenvalue weighted by atomic mass is 9.59. The summed E-state index contributed by atoms with van der Waals surface area (Å²) in [4.78, 5) is 55.3. The number of phenolic OH excluding ortho intramolecular Hbond substituents is 1. The van der Waals surface area contributed by atoms with Crippen LogP contribution in [0.5, 0.6) is 5.75 Å². The zero-order chi connectivity index (χ0) is 26.0. The van der Waals surface area contributed by atoms with Crippen molar-refractivity contribution in [3.63, 3.8) is 0 Å². The highest BCUT2D eigenvalue weighted by Crippen LogP contribution is 2.56. The molecule has 0 spiro atoms. The van der Waals surface area contributed by atoms with E-state index in [-0.39, 0.29) is 35.6 Å². The number of amides is 2. The Bertz CT molecular complexity index is 1480. The molecule has 1 N–H and O–H groups in total. The van der Waals surface area contributed by atoms with Crippen LogP contribution in [-0.2, 0) is 25.6 Å². The fraction of sp³-hybridized carbons (Fsp3) is 0.290. The van der Waals surface area contributed by atoms with Gasteiger partial charge in [-0.15, -0.1) is 0 Å². The van der Waals surface area contributed by atoms with Crippen LogP contribution in [-0.4, -0.2) is 28.5 Å². The number of carbonyl (C=O) groups is 4. The van der Waals surface area contributed by atoms with Gasteiger partial charge >= 0.3 is 0 Å². The Balaban J connectivity index is 1.47. The van der Waals surface area contributed by atoms with Crippen molar-refractivity contribution in [1.29, 1.82) is 0 Å². The van der Waals surface area contributed by atoms with E-state index in [9.17, 15) is 24.3 Å². The monoisotopic (exact) mass is 493 g/mol. The minimum absolute atomic E-state index is 0.0287. The van der Waals surface area contributed by atoms with Crippen LogP contribution in [0.1, 0.15) is 43.7 Å². The second-order valence-electron chi connectivity index (χ2n) is 10.3. The quantitative estimate of drug-likeness (QED) is 0.384. The number of para-hydroxylation sites is 1. The summed E-state index contributed by atoms with van der Waals surface area (Å²) in [6.45, 7) is 3.67. The summed E-state index contributed by atoms with van der Waals surface area (Å²) in [5.74, 6) is -3.12. The molecule has 0 bridgehead atoms. The summed E-state index contributed by atoms with van der Waals surface area (Å²) in [7, 11) is 0. The molecule has 4 aliphatic rings. The summed E-state index contributed by atoms with van der Waals surface area (Å²) < 4.78 is 0. The van der Waals surface area contributed by atoms with Gasteiger partial charge in [0.25, 0.3) is 0 Å². The molecule has 2 amide bonds. The molecule has 0 saturated carbocycles. The summed E-state index contributed by atoms with van der Waals surface area (Å²) >= 11 is 0. The Labute approximate surface area is 215 Å². The van der Waals surface area contributed by atoms with Gasteiger partial charge in [0, 0.05) is 28.2 Å². The number of ketones is 2. The average molecular weight is 494 g/mol. The number of aromatic hydroxyl groups is 1. The van der Waals surface area contributed by atoms with E-state index >= 15 is 0 Å². The molecule has 6 rings (SSSR count). The van der Waals surface area contributed by atoms with Crippen molar-refractivity contribution in [2.45, 2.75) is 39.0 Å². The number of aryl methyl sites for hydroxylation is 1. The van der Waals surface area contributed by atoms with Crippen molar-refractivity contribution in [3.05, 3.63) is 94.1 Å². The summed E-state index contributed by atoms with van der Waals surface area (Å²) in [5, 5.41) is 10.8. The first-order valence-electron chi connectivity index (χ1n) is 12.8. The van der Waals surface area contributed by atoms with Crippen LogP contribution in [0.2, 0.25) is 0 Å². The average Bonchev–Trinajstić information content (AvgIpc) is 3.16. The molecule has 1 fully saturated rings. The van der Waals surface area contributed by atoms with E-state index in [1.165, 1.54) is 11.0 Å². The summed E-state index contributed by atoms with van der Waals surface area (Å²) in [6.07, 6.45) is 4.78. The lowest BCUT2D eigenvalue weighted by molar-refractivity contribution is -0.123. The Hall–Kier alpha value is -4.06. The predicted octanol–water partition coefficient (Wildman–Crippen LogP) is 4.59. The van der Waals surface area contributed by atoms with Crippen molar-refractivity contribution in [3.8, 4) is 5.75 Å². The van der Waals surface area contributed by atoms with Gasteiger partial charge in [0.05, 0.1) is 17.5 Å². The third-order valence-corrected chi connectivity index (χ3v) is 8.41. The van der Waals surface area contributed by atoms with Crippen LogP contribution in [0.4, 0.5) is 5.69 Å². The maximum Gasteiger partial charge on any atom is 0.238 e. The number of imide groups is 1. The number of fused-ring (bicyclic) bond motifs is 3. The van der Waals surface area contributed by atoms with Crippen LogP contribution in [0.3, 0.4) is 0 Å². The Morgan fingerprint density at radius 1 is 0.946 bits per heavy atom. The van der Waals surface area contributed by atoms with Gasteiger partial charge in [-0.05, 0) is 61.9 Å². The lowest BCUT2D eigenvalue weighted by Crippen LogP contribution is -2.39. The molecule has 1 aliphatic heterocycles. The van der Waals surface area contributed by atoms with Gasteiger partial charge in [-0.1, -0.05) is 48.9 Å². The van der Waals surface area contributed by atoms with Crippen LogP contribution in [0, 0.1) is 17.8 Å². The van der Waals surface area contributed by atoms with E-state index in [0.29, 0.717) is 34.4 Å². The van der Waals surface area contributed by atoms with Gasteiger partial charge in [-0.2, -0.15) is 0 Å². The topological polar surface area (TPSA) is 91.8 Å². The molecular weight excluding hydrogens is 466 g/mol. The number of anilines is 1. The molecule has 2 aromatic rings. The second kappa shape index (κ2) is 8.51. The van der Waals surface area contributed by atoms with Gasteiger partial charge in [0.15, 0.2) is 11.6 Å². The smallest absolute Gasteiger partial charge is 0.238 e. The lowest BCUT2D eigenvalue weighted by Gasteiger charge is -2.42. The Morgan fingerprint density at radius 3 is 2.38 bits per heavy atom. The first-order chi connectivity index (χ1) is 17.8. The molecular formula is C31H27NO5. The molecule has 4 unspecified atom stereocenters. The van der Waals surface area contributed by atoms with Crippen molar-refractivity contribution in [2.24, 2.45) is 17.8 Å². The third-order valence-electron chi connectivity index (χ3n) is 8.41. The molecule has 6 heteroatoms. The second-order valence-corrected chi connectivity index (χ2v) is 10.3. The van der Waals surface area contributed by atoms with E-state index in [2.05, 4.69) is 0 Å². The molecule has 0 aromatic heterocycles. The molecule has 37 heavy (non-hydrogen) atoms. The number of Topliss-reactive ketones (excluding diaryl/α,β-unsaturated/α-hetero) is 1. The molecule has 1 heterocycles. The minimum Gasteiger partial charge on any atom is -0.508 e. The highest BCUT2D eigenvalue weighted by atomic mass is 16.3. The van der Waals surface area contributed by atoms with E-state index in [1.807, 2.05) is 37.3 Å². The molecule has 6 nitrogen and oxygen atoms in total. The van der Waals surface area contributed by atoms with E-state index in [4.69, 9.17) is 0 Å². The number of benzene rings is 2. The maximum atomic E-state index is 13.9. The van der Waals surface area contributed by atoms with Gasteiger partial charge in [-0.25, -0.2) is 0 Å². The number of rotatable bonds is 3. The number of hydrogen-bond donors (Lipinski definition) is 1. The zero-order valence-electron chi connectivity index (χ0n) is 20.7. The van der Waals surface area contributed by atoms with Gasteiger partial charge < -0.3 is 5.11 Å². The molecule has 3 aliphatic carbocycles. The molecule has 4 atom stereocenters. The predicted molar refractivity (Wildman–Crippen MR) is 138 cm³/mol. The SMILES string of the molecule is CCc1ccc(N2C(=O)C3CC=C4C(c5ccccc5O)C5=C(CC4C3C2=O)C(=O)C(C)=CC5=O)cc1. The molecule has 186 valence electrons. The first kappa shape index (κ1) is 23.3. The zero-order valence-corrected chi connectivity index (χ0v) is 20.7. The Kier molecular flexibility index (Phi) is 5.37. The van der Waals surface area contributed by atoms with Crippen molar-refractivity contribution < 1.29 is 24.3 Å². The number of phenols is 1. The number of hydrogen-bond acceptors (Lipinski definition) is 5. The van der Waals surface area contributed by atoms with Crippen molar-refractivity contribution in [1.82, 2.24) is 0 Å².